The molecule has 0 atom stereocenters. The Labute approximate surface area is 123 Å². The molecule has 0 saturated heterocycles. The van der Waals surface area contributed by atoms with Crippen molar-refractivity contribution in [1.82, 2.24) is 9.97 Å². The molecule has 0 fully saturated rings. The first-order chi connectivity index (χ1) is 8.90. The number of carbonyl (C=O) groups is 1. The molecule has 2 rings (SSSR count). The highest BCUT2D eigenvalue weighted by molar-refractivity contribution is 6.45. The lowest BCUT2D eigenvalue weighted by Gasteiger charge is -2.09. The number of primary amides is 1. The van der Waals surface area contributed by atoms with Crippen LogP contribution in [0.1, 0.15) is 10.5 Å². The van der Waals surface area contributed by atoms with Gasteiger partial charge in [-0.2, -0.15) is 0 Å². The number of anilines is 1. The molecule has 0 radical (unpaired) electrons. The van der Waals surface area contributed by atoms with Crippen LogP contribution in [0.25, 0.3) is 11.3 Å². The molecule has 1 aromatic carbocycles. The Balaban J connectivity index is 2.63. The van der Waals surface area contributed by atoms with Gasteiger partial charge in [-0.1, -0.05) is 34.8 Å². The minimum Gasteiger partial charge on any atom is -0.382 e. The highest BCUT2D eigenvalue weighted by atomic mass is 35.5. The fourth-order valence-corrected chi connectivity index (χ4v) is 2.15. The Morgan fingerprint density at radius 3 is 2.47 bits per heavy atom. The van der Waals surface area contributed by atoms with Gasteiger partial charge < -0.3 is 11.5 Å². The molecule has 1 amide bonds. The van der Waals surface area contributed by atoms with Crippen molar-refractivity contribution in [1.29, 1.82) is 0 Å². The zero-order chi connectivity index (χ0) is 14.2. The molecular weight excluding hydrogens is 311 g/mol. The third kappa shape index (κ3) is 2.73. The van der Waals surface area contributed by atoms with Crippen LogP contribution in [0.4, 0.5) is 5.82 Å². The average Bonchev–Trinajstić information content (AvgIpc) is 2.33. The summed E-state index contributed by atoms with van der Waals surface area (Å²) < 4.78 is 0. The fraction of sp³-hybridized carbons (Fsp3) is 0. The van der Waals surface area contributed by atoms with Crippen LogP contribution in [0, 0.1) is 0 Å². The van der Waals surface area contributed by atoms with Crippen molar-refractivity contribution < 1.29 is 4.79 Å². The quantitative estimate of drug-likeness (QED) is 0.833. The third-order valence-electron chi connectivity index (χ3n) is 2.30. The first kappa shape index (κ1) is 13.9. The first-order valence-corrected chi connectivity index (χ1v) is 6.10. The molecule has 19 heavy (non-hydrogen) atoms. The number of benzene rings is 1. The average molecular weight is 318 g/mol. The maximum atomic E-state index is 11.0. The maximum absolute atomic E-state index is 11.0. The van der Waals surface area contributed by atoms with Gasteiger partial charge in [0.15, 0.2) is 5.82 Å². The van der Waals surface area contributed by atoms with Crippen LogP contribution in [0.15, 0.2) is 18.3 Å². The van der Waals surface area contributed by atoms with E-state index in [-0.39, 0.29) is 27.3 Å². The summed E-state index contributed by atoms with van der Waals surface area (Å²) in [4.78, 5) is 18.8. The second kappa shape index (κ2) is 5.21. The van der Waals surface area contributed by atoms with E-state index in [9.17, 15) is 4.79 Å². The van der Waals surface area contributed by atoms with Gasteiger partial charge in [-0.15, -0.1) is 0 Å². The highest BCUT2D eigenvalue weighted by Crippen LogP contribution is 2.37. The summed E-state index contributed by atoms with van der Waals surface area (Å²) in [6.07, 6.45) is 1.21. The van der Waals surface area contributed by atoms with Crippen molar-refractivity contribution in [2.24, 2.45) is 5.73 Å². The number of nitrogens with zero attached hydrogens (tertiary/aromatic N) is 2. The van der Waals surface area contributed by atoms with Crippen molar-refractivity contribution in [3.05, 3.63) is 39.1 Å². The van der Waals surface area contributed by atoms with Gasteiger partial charge >= 0.3 is 0 Å². The molecule has 1 aromatic heterocycles. The molecule has 1 heterocycles. The zero-order valence-corrected chi connectivity index (χ0v) is 11.6. The summed E-state index contributed by atoms with van der Waals surface area (Å²) >= 11 is 17.9. The molecule has 0 aliphatic rings. The summed E-state index contributed by atoms with van der Waals surface area (Å²) in [5, 5.41) is 0.896. The number of carbonyl (C=O) groups excluding carboxylic acids is 1. The summed E-state index contributed by atoms with van der Waals surface area (Å²) in [5.74, 6) is -0.711. The molecule has 0 saturated carbocycles. The van der Waals surface area contributed by atoms with Crippen LogP contribution in [-0.4, -0.2) is 15.9 Å². The summed E-state index contributed by atoms with van der Waals surface area (Å²) in [5.41, 5.74) is 11.5. The van der Waals surface area contributed by atoms with Gasteiger partial charge in [0, 0.05) is 10.6 Å². The molecule has 0 bridgehead atoms. The normalized spacial score (nSPS) is 10.5. The molecule has 8 heteroatoms. The van der Waals surface area contributed by atoms with Gasteiger partial charge in [-0.3, -0.25) is 4.79 Å². The highest BCUT2D eigenvalue weighted by Gasteiger charge is 2.15. The van der Waals surface area contributed by atoms with E-state index in [1.54, 1.807) is 6.07 Å². The number of aromatic nitrogens is 2. The van der Waals surface area contributed by atoms with Crippen LogP contribution in [-0.2, 0) is 0 Å². The second-order valence-corrected chi connectivity index (χ2v) is 4.82. The summed E-state index contributed by atoms with van der Waals surface area (Å²) in [6.45, 7) is 0. The van der Waals surface area contributed by atoms with Crippen LogP contribution in [0.5, 0.6) is 0 Å². The minimum atomic E-state index is -0.721. The van der Waals surface area contributed by atoms with E-state index in [1.165, 1.54) is 12.3 Å². The number of hydrogen-bond acceptors (Lipinski definition) is 4. The van der Waals surface area contributed by atoms with Crippen molar-refractivity contribution >= 4 is 46.5 Å². The van der Waals surface area contributed by atoms with Crippen LogP contribution >= 0.6 is 34.8 Å². The number of rotatable bonds is 2. The van der Waals surface area contributed by atoms with Crippen LogP contribution < -0.4 is 11.5 Å². The predicted molar refractivity (Wildman–Crippen MR) is 75.4 cm³/mol. The molecule has 5 nitrogen and oxygen atoms in total. The number of amides is 1. The Morgan fingerprint density at radius 1 is 1.21 bits per heavy atom. The Kier molecular flexibility index (Phi) is 3.80. The van der Waals surface area contributed by atoms with E-state index in [0.29, 0.717) is 10.6 Å². The van der Waals surface area contributed by atoms with E-state index in [2.05, 4.69) is 9.97 Å². The van der Waals surface area contributed by atoms with Crippen LogP contribution in [0.2, 0.25) is 15.1 Å². The van der Waals surface area contributed by atoms with Gasteiger partial charge in [-0.05, 0) is 12.1 Å². The lowest BCUT2D eigenvalue weighted by Crippen LogP contribution is -2.15. The monoisotopic (exact) mass is 316 g/mol. The molecular formula is C11H7Cl3N4O. The van der Waals surface area contributed by atoms with E-state index >= 15 is 0 Å². The molecule has 0 aliphatic carbocycles. The number of halogens is 3. The summed E-state index contributed by atoms with van der Waals surface area (Å²) in [7, 11) is 0. The van der Waals surface area contributed by atoms with Gasteiger partial charge in [0.05, 0.1) is 16.2 Å². The molecule has 2 aromatic rings. The van der Waals surface area contributed by atoms with Gasteiger partial charge in [0.2, 0.25) is 0 Å². The fourth-order valence-electron chi connectivity index (χ4n) is 1.46. The lowest BCUT2D eigenvalue weighted by atomic mass is 10.1. The smallest absolute Gasteiger partial charge is 0.268 e. The largest absolute Gasteiger partial charge is 0.382 e. The standard InChI is InChI=1S/C11H7Cl3N4O/c12-4-1-5(8(14)6(13)2-4)9-10(15)18-7(3-17-9)11(16)19/h1-3H,(H2,15,18)(H2,16,19). The van der Waals surface area contributed by atoms with Crippen molar-refractivity contribution in [2.75, 3.05) is 5.73 Å². The third-order valence-corrected chi connectivity index (χ3v) is 3.32. The first-order valence-electron chi connectivity index (χ1n) is 4.97. The Hall–Kier alpha value is -1.56. The molecule has 98 valence electrons. The lowest BCUT2D eigenvalue weighted by molar-refractivity contribution is 0.0995. The predicted octanol–water partition coefficient (Wildman–Crippen LogP) is 2.78. The molecule has 0 aliphatic heterocycles. The summed E-state index contributed by atoms with van der Waals surface area (Å²) in [6, 6.07) is 3.05. The van der Waals surface area contributed by atoms with E-state index in [0.717, 1.165) is 0 Å². The Bertz CT molecular complexity index is 675. The van der Waals surface area contributed by atoms with Gasteiger partial charge in [0.25, 0.3) is 5.91 Å². The SMILES string of the molecule is NC(=O)c1cnc(-c2cc(Cl)cc(Cl)c2Cl)c(N)n1. The van der Waals surface area contributed by atoms with E-state index < -0.39 is 5.91 Å². The number of hydrogen-bond donors (Lipinski definition) is 2. The minimum absolute atomic E-state index is 0.0107. The Morgan fingerprint density at radius 2 is 1.89 bits per heavy atom. The van der Waals surface area contributed by atoms with Crippen molar-refractivity contribution in [3.63, 3.8) is 0 Å². The van der Waals surface area contributed by atoms with E-state index in [4.69, 9.17) is 46.3 Å². The van der Waals surface area contributed by atoms with Crippen molar-refractivity contribution in [3.8, 4) is 11.3 Å². The topological polar surface area (TPSA) is 94.9 Å². The van der Waals surface area contributed by atoms with E-state index in [1.807, 2.05) is 0 Å². The van der Waals surface area contributed by atoms with Gasteiger partial charge in [-0.25, -0.2) is 9.97 Å². The number of nitrogens with two attached hydrogens (primary N) is 2. The number of nitrogen functional groups attached to an aromatic ring is 1. The molecule has 0 spiro atoms. The van der Waals surface area contributed by atoms with Gasteiger partial charge in [0.1, 0.15) is 11.4 Å². The van der Waals surface area contributed by atoms with Crippen molar-refractivity contribution in [2.45, 2.75) is 0 Å². The van der Waals surface area contributed by atoms with Crippen LogP contribution in [0.3, 0.4) is 0 Å². The maximum Gasteiger partial charge on any atom is 0.268 e. The zero-order valence-electron chi connectivity index (χ0n) is 9.32. The molecule has 4 N–H and O–H groups in total. The molecule has 0 unspecified atom stereocenters. The second-order valence-electron chi connectivity index (χ2n) is 3.60.